The Balaban J connectivity index is 1.61. The van der Waals surface area contributed by atoms with Crippen molar-refractivity contribution in [3.05, 3.63) is 21.9 Å². The Morgan fingerprint density at radius 1 is 1.36 bits per heavy atom. The molecule has 2 aliphatic heterocycles. The summed E-state index contributed by atoms with van der Waals surface area (Å²) in [6, 6.07) is 4.44. The fourth-order valence-corrected chi connectivity index (χ4v) is 4.66. The van der Waals surface area contributed by atoms with Crippen molar-refractivity contribution < 1.29 is 9.53 Å². The van der Waals surface area contributed by atoms with E-state index in [0.29, 0.717) is 24.2 Å². The average molecular weight is 322 g/mol. The van der Waals surface area contributed by atoms with E-state index in [1.807, 2.05) is 25.4 Å². The summed E-state index contributed by atoms with van der Waals surface area (Å²) in [5, 5.41) is 0. The fraction of sp³-hybridized carbons (Fsp3) is 0.706. The molecule has 22 heavy (non-hydrogen) atoms. The van der Waals surface area contributed by atoms with Gasteiger partial charge >= 0.3 is 0 Å². The van der Waals surface area contributed by atoms with Gasteiger partial charge in [-0.05, 0) is 36.8 Å². The topological polar surface area (TPSA) is 32.8 Å². The predicted molar refractivity (Wildman–Crippen MR) is 88.9 cm³/mol. The van der Waals surface area contributed by atoms with E-state index in [0.717, 1.165) is 32.8 Å². The lowest BCUT2D eigenvalue weighted by molar-refractivity contribution is -0.132. The molecule has 1 aromatic heterocycles. The first-order chi connectivity index (χ1) is 10.5. The molecule has 0 aliphatic carbocycles. The monoisotopic (exact) mass is 322 g/mol. The van der Waals surface area contributed by atoms with Crippen molar-refractivity contribution in [3.63, 3.8) is 0 Å². The number of aryl methyl sites for hydroxylation is 1. The highest BCUT2D eigenvalue weighted by atomic mass is 32.1. The van der Waals surface area contributed by atoms with Gasteiger partial charge in [0.05, 0.1) is 13.2 Å². The minimum atomic E-state index is 0.224. The van der Waals surface area contributed by atoms with Crippen LogP contribution >= 0.6 is 11.3 Å². The van der Waals surface area contributed by atoms with Crippen molar-refractivity contribution in [2.45, 2.75) is 19.9 Å². The molecule has 2 saturated heterocycles. The van der Waals surface area contributed by atoms with E-state index in [-0.39, 0.29) is 5.91 Å². The summed E-state index contributed by atoms with van der Waals surface area (Å²) < 4.78 is 5.78. The van der Waals surface area contributed by atoms with Crippen LogP contribution in [0.5, 0.6) is 0 Å². The summed E-state index contributed by atoms with van der Waals surface area (Å²) in [5.41, 5.74) is 0. The molecule has 0 aromatic carbocycles. The number of rotatable bonds is 4. The zero-order valence-corrected chi connectivity index (χ0v) is 14.6. The molecular formula is C17H26N2O2S. The van der Waals surface area contributed by atoms with Crippen molar-refractivity contribution in [3.8, 4) is 0 Å². The first kappa shape index (κ1) is 16.0. The summed E-state index contributed by atoms with van der Waals surface area (Å²) in [4.78, 5) is 19.1. The molecule has 0 radical (unpaired) electrons. The number of carbonyl (C=O) groups excluding carboxylic acids is 1. The third kappa shape index (κ3) is 3.53. The normalized spacial score (nSPS) is 28.6. The van der Waals surface area contributed by atoms with Gasteiger partial charge in [-0.3, -0.25) is 9.69 Å². The molecule has 0 saturated carbocycles. The van der Waals surface area contributed by atoms with Crippen LogP contribution in [-0.4, -0.2) is 56.1 Å². The van der Waals surface area contributed by atoms with E-state index in [9.17, 15) is 4.79 Å². The van der Waals surface area contributed by atoms with Gasteiger partial charge in [-0.2, -0.15) is 0 Å². The van der Waals surface area contributed by atoms with Crippen LogP contribution in [0.4, 0.5) is 0 Å². The van der Waals surface area contributed by atoms with E-state index in [1.165, 1.54) is 9.75 Å². The average Bonchev–Trinajstić information content (AvgIpc) is 3.05. The minimum Gasteiger partial charge on any atom is -0.381 e. The summed E-state index contributed by atoms with van der Waals surface area (Å²) in [7, 11) is 3.67. The second-order valence-corrected chi connectivity index (χ2v) is 8.29. The maximum Gasteiger partial charge on any atom is 0.222 e. The molecule has 4 nitrogen and oxygen atoms in total. The van der Waals surface area contributed by atoms with Crippen LogP contribution < -0.4 is 0 Å². The molecule has 0 unspecified atom stereocenters. The fourth-order valence-electron chi connectivity index (χ4n) is 3.73. The van der Waals surface area contributed by atoms with Gasteiger partial charge in [0.25, 0.3) is 0 Å². The highest BCUT2D eigenvalue weighted by Crippen LogP contribution is 2.36. The zero-order chi connectivity index (χ0) is 15.7. The number of hydrogen-bond acceptors (Lipinski definition) is 4. The maximum atomic E-state index is 12.0. The van der Waals surface area contributed by atoms with Crippen molar-refractivity contribution in [1.29, 1.82) is 0 Å². The Morgan fingerprint density at radius 2 is 2.18 bits per heavy atom. The van der Waals surface area contributed by atoms with Gasteiger partial charge in [0.2, 0.25) is 5.91 Å². The molecule has 3 atom stereocenters. The Labute approximate surface area is 137 Å². The van der Waals surface area contributed by atoms with E-state index < -0.39 is 0 Å². The predicted octanol–water partition coefficient (Wildman–Crippen LogP) is 2.23. The second kappa shape index (κ2) is 6.69. The lowest BCUT2D eigenvalue weighted by Gasteiger charge is -2.33. The highest BCUT2D eigenvalue weighted by Gasteiger charge is 2.41. The van der Waals surface area contributed by atoms with Crippen LogP contribution in [-0.2, 0) is 16.1 Å². The van der Waals surface area contributed by atoms with Gasteiger partial charge in [0.1, 0.15) is 0 Å². The van der Waals surface area contributed by atoms with Crippen LogP contribution in [0.25, 0.3) is 0 Å². The van der Waals surface area contributed by atoms with Crippen molar-refractivity contribution in [1.82, 2.24) is 9.80 Å². The first-order valence-electron chi connectivity index (χ1n) is 8.08. The van der Waals surface area contributed by atoms with Crippen LogP contribution in [0.2, 0.25) is 0 Å². The van der Waals surface area contributed by atoms with Gasteiger partial charge in [0.15, 0.2) is 0 Å². The van der Waals surface area contributed by atoms with E-state index >= 15 is 0 Å². The molecule has 0 bridgehead atoms. The van der Waals surface area contributed by atoms with Gasteiger partial charge in [-0.25, -0.2) is 0 Å². The first-order valence-corrected chi connectivity index (χ1v) is 8.90. The molecule has 2 aliphatic rings. The molecule has 2 fully saturated rings. The number of nitrogens with zero attached hydrogens (tertiary/aromatic N) is 2. The lowest BCUT2D eigenvalue weighted by atomic mass is 9.81. The standard InChI is InChI=1S/C17H26N2O2S/c1-12-4-5-15(22-12)8-19-7-14-11-21-10-13(16(14)9-19)6-17(20)18(2)3/h4-5,13-14,16H,6-11H2,1-3H3/t13-,14-,16+/m1/s1. The van der Waals surface area contributed by atoms with E-state index in [4.69, 9.17) is 4.74 Å². The number of fused-ring (bicyclic) bond motifs is 1. The Hall–Kier alpha value is -0.910. The van der Waals surface area contributed by atoms with Gasteiger partial charge in [-0.1, -0.05) is 0 Å². The Bertz CT molecular complexity index is 528. The maximum absolute atomic E-state index is 12.0. The molecule has 5 heteroatoms. The number of hydrogen-bond donors (Lipinski definition) is 0. The Morgan fingerprint density at radius 3 is 2.86 bits per heavy atom. The summed E-state index contributed by atoms with van der Waals surface area (Å²) in [5.74, 6) is 1.80. The van der Waals surface area contributed by atoms with E-state index in [2.05, 4.69) is 24.0 Å². The van der Waals surface area contributed by atoms with Gasteiger partial charge < -0.3 is 9.64 Å². The van der Waals surface area contributed by atoms with Crippen molar-refractivity contribution in [2.75, 3.05) is 40.4 Å². The summed E-state index contributed by atoms with van der Waals surface area (Å²) in [6.45, 7) is 7.02. The smallest absolute Gasteiger partial charge is 0.222 e. The molecular weight excluding hydrogens is 296 g/mol. The summed E-state index contributed by atoms with van der Waals surface area (Å²) in [6.07, 6.45) is 0.625. The van der Waals surface area contributed by atoms with E-state index in [1.54, 1.807) is 4.90 Å². The highest BCUT2D eigenvalue weighted by molar-refractivity contribution is 7.11. The number of ether oxygens (including phenoxy) is 1. The van der Waals surface area contributed by atoms with Crippen LogP contribution in [0.1, 0.15) is 16.2 Å². The molecule has 0 N–H and O–H groups in total. The third-order valence-electron chi connectivity index (χ3n) is 4.95. The third-order valence-corrected chi connectivity index (χ3v) is 5.93. The zero-order valence-electron chi connectivity index (χ0n) is 13.7. The molecule has 122 valence electrons. The molecule has 3 heterocycles. The second-order valence-electron chi connectivity index (χ2n) is 6.92. The van der Waals surface area contributed by atoms with Crippen LogP contribution in [0.15, 0.2) is 12.1 Å². The molecule has 1 amide bonds. The molecule has 0 spiro atoms. The summed E-state index contributed by atoms with van der Waals surface area (Å²) >= 11 is 1.89. The van der Waals surface area contributed by atoms with Gasteiger partial charge in [-0.15, -0.1) is 11.3 Å². The Kier molecular flexibility index (Phi) is 4.85. The van der Waals surface area contributed by atoms with Gasteiger partial charge in [0, 0.05) is 49.9 Å². The number of likely N-dealkylation sites (tertiary alicyclic amines) is 1. The quantitative estimate of drug-likeness (QED) is 0.852. The molecule has 3 rings (SSSR count). The van der Waals surface area contributed by atoms with Crippen LogP contribution in [0, 0.1) is 24.7 Å². The SMILES string of the molecule is Cc1ccc(CN2C[C@@H]3COC[C@@H](CC(=O)N(C)C)[C@@H]3C2)s1. The van der Waals surface area contributed by atoms with Crippen LogP contribution in [0.3, 0.4) is 0 Å². The largest absolute Gasteiger partial charge is 0.381 e. The number of thiophene rings is 1. The van der Waals surface area contributed by atoms with Crippen molar-refractivity contribution >= 4 is 17.2 Å². The minimum absolute atomic E-state index is 0.224. The lowest BCUT2D eigenvalue weighted by Crippen LogP contribution is -2.38. The number of carbonyl (C=O) groups is 1. The molecule has 1 aromatic rings. The van der Waals surface area contributed by atoms with Crippen molar-refractivity contribution in [2.24, 2.45) is 17.8 Å². The number of amides is 1.